The van der Waals surface area contributed by atoms with Crippen molar-refractivity contribution in [2.24, 2.45) is 5.92 Å². The molecule has 1 aliphatic rings. The number of carbonyl (C=O) groups is 1. The van der Waals surface area contributed by atoms with Crippen LogP contribution in [0.4, 0.5) is 0 Å². The van der Waals surface area contributed by atoms with Gasteiger partial charge < -0.3 is 5.32 Å². The first-order chi connectivity index (χ1) is 9.11. The van der Waals surface area contributed by atoms with Gasteiger partial charge >= 0.3 is 0 Å². The van der Waals surface area contributed by atoms with Gasteiger partial charge in [-0.1, -0.05) is 6.92 Å². The summed E-state index contributed by atoms with van der Waals surface area (Å²) in [6, 6.07) is 0. The van der Waals surface area contributed by atoms with Crippen molar-refractivity contribution in [3.05, 3.63) is 21.4 Å². The zero-order valence-corrected chi connectivity index (χ0v) is 12.8. The van der Waals surface area contributed by atoms with E-state index in [-0.39, 0.29) is 5.91 Å². The quantitative estimate of drug-likeness (QED) is 0.577. The van der Waals surface area contributed by atoms with Crippen LogP contribution in [-0.4, -0.2) is 17.6 Å². The van der Waals surface area contributed by atoms with E-state index >= 15 is 0 Å². The number of carbonyl (C=O) groups excluding carboxylic acids is 1. The molecule has 3 N–H and O–H groups in total. The smallest absolute Gasteiger partial charge is 0.270 e. The molecule has 0 saturated heterocycles. The third-order valence-electron chi connectivity index (χ3n) is 3.27. The molecule has 6 heteroatoms. The summed E-state index contributed by atoms with van der Waals surface area (Å²) in [5, 5.41) is 5.32. The van der Waals surface area contributed by atoms with Gasteiger partial charge in [0.25, 0.3) is 5.91 Å². The molecule has 1 aliphatic carbocycles. The molecule has 104 valence electrons. The fraction of sp³-hybridized carbons (Fsp3) is 0.538. The average molecular weight is 297 g/mol. The van der Waals surface area contributed by atoms with Gasteiger partial charge in [0.15, 0.2) is 5.11 Å². The first kappa shape index (κ1) is 14.3. The molecule has 0 aliphatic heterocycles. The SMILES string of the molecule is CCNC(=S)NNC(=O)c1csc2c1CC[C@H](C)C2. The number of hydrazine groups is 1. The maximum atomic E-state index is 12.1. The molecule has 0 spiro atoms. The summed E-state index contributed by atoms with van der Waals surface area (Å²) in [5.41, 5.74) is 7.37. The second-order valence-electron chi connectivity index (χ2n) is 4.84. The molecule has 0 aromatic carbocycles. The number of thiocarbonyl (C=S) groups is 1. The zero-order valence-electron chi connectivity index (χ0n) is 11.2. The lowest BCUT2D eigenvalue weighted by Gasteiger charge is -2.19. The van der Waals surface area contributed by atoms with E-state index in [1.54, 1.807) is 11.3 Å². The highest BCUT2D eigenvalue weighted by atomic mass is 32.1. The summed E-state index contributed by atoms with van der Waals surface area (Å²) < 4.78 is 0. The van der Waals surface area contributed by atoms with Crippen molar-refractivity contribution < 1.29 is 4.79 Å². The van der Waals surface area contributed by atoms with Crippen LogP contribution < -0.4 is 16.2 Å². The van der Waals surface area contributed by atoms with Crippen LogP contribution >= 0.6 is 23.6 Å². The van der Waals surface area contributed by atoms with E-state index in [2.05, 4.69) is 23.1 Å². The fourth-order valence-corrected chi connectivity index (χ4v) is 3.69. The molecule has 0 radical (unpaired) electrons. The Morgan fingerprint density at radius 1 is 1.53 bits per heavy atom. The molecule has 0 saturated carbocycles. The van der Waals surface area contributed by atoms with Crippen molar-refractivity contribution in [2.75, 3.05) is 6.54 Å². The predicted octanol–water partition coefficient (Wildman–Crippen LogP) is 2.00. The van der Waals surface area contributed by atoms with E-state index in [1.807, 2.05) is 12.3 Å². The largest absolute Gasteiger partial charge is 0.362 e. The maximum Gasteiger partial charge on any atom is 0.270 e. The van der Waals surface area contributed by atoms with Crippen molar-refractivity contribution >= 4 is 34.6 Å². The van der Waals surface area contributed by atoms with Gasteiger partial charge in [0, 0.05) is 16.8 Å². The number of hydrogen-bond acceptors (Lipinski definition) is 3. The highest BCUT2D eigenvalue weighted by molar-refractivity contribution is 7.80. The summed E-state index contributed by atoms with van der Waals surface area (Å²) in [6.45, 7) is 4.94. The van der Waals surface area contributed by atoms with Crippen molar-refractivity contribution in [3.63, 3.8) is 0 Å². The molecule has 1 amide bonds. The van der Waals surface area contributed by atoms with Gasteiger partial charge in [0.1, 0.15) is 0 Å². The Hall–Kier alpha value is -1.14. The lowest BCUT2D eigenvalue weighted by molar-refractivity contribution is 0.0943. The fourth-order valence-electron chi connectivity index (χ4n) is 2.25. The van der Waals surface area contributed by atoms with Gasteiger partial charge in [-0.15, -0.1) is 11.3 Å². The minimum Gasteiger partial charge on any atom is -0.362 e. The summed E-state index contributed by atoms with van der Waals surface area (Å²) in [6.07, 6.45) is 3.25. The monoisotopic (exact) mass is 297 g/mol. The van der Waals surface area contributed by atoms with Crippen molar-refractivity contribution in [1.82, 2.24) is 16.2 Å². The number of rotatable bonds is 2. The van der Waals surface area contributed by atoms with E-state index in [0.29, 0.717) is 5.11 Å². The molecule has 1 aromatic heterocycles. The van der Waals surface area contributed by atoms with Crippen LogP contribution in [0.15, 0.2) is 5.38 Å². The highest BCUT2D eigenvalue weighted by Crippen LogP contribution is 2.32. The normalized spacial score (nSPS) is 17.5. The van der Waals surface area contributed by atoms with Gasteiger partial charge in [-0.2, -0.15) is 0 Å². The van der Waals surface area contributed by atoms with E-state index < -0.39 is 0 Å². The van der Waals surface area contributed by atoms with E-state index in [1.165, 1.54) is 10.4 Å². The van der Waals surface area contributed by atoms with E-state index in [4.69, 9.17) is 12.2 Å². The van der Waals surface area contributed by atoms with E-state index in [9.17, 15) is 4.79 Å². The van der Waals surface area contributed by atoms with Crippen LogP contribution in [0.25, 0.3) is 0 Å². The van der Waals surface area contributed by atoms with Crippen LogP contribution in [0.1, 0.15) is 41.1 Å². The Bertz CT molecular complexity index is 484. The minimum atomic E-state index is -0.104. The van der Waals surface area contributed by atoms with Crippen molar-refractivity contribution in [3.8, 4) is 0 Å². The van der Waals surface area contributed by atoms with Gasteiger partial charge in [-0.25, -0.2) is 0 Å². The second kappa shape index (κ2) is 6.34. The molecule has 4 nitrogen and oxygen atoms in total. The Balaban J connectivity index is 1.99. The topological polar surface area (TPSA) is 53.2 Å². The summed E-state index contributed by atoms with van der Waals surface area (Å²) in [7, 11) is 0. The van der Waals surface area contributed by atoms with Gasteiger partial charge in [0.2, 0.25) is 0 Å². The number of hydrogen-bond donors (Lipinski definition) is 3. The Kier molecular flexibility index (Phi) is 4.76. The third kappa shape index (κ3) is 3.45. The maximum absolute atomic E-state index is 12.1. The Morgan fingerprint density at radius 3 is 3.05 bits per heavy atom. The Labute approximate surface area is 122 Å². The van der Waals surface area contributed by atoms with Gasteiger partial charge in [-0.3, -0.25) is 15.6 Å². The minimum absolute atomic E-state index is 0.104. The van der Waals surface area contributed by atoms with Gasteiger partial charge in [0.05, 0.1) is 5.56 Å². The van der Waals surface area contributed by atoms with Gasteiger partial charge in [-0.05, 0) is 49.9 Å². The lowest BCUT2D eigenvalue weighted by atomic mass is 9.88. The number of fused-ring (bicyclic) bond motifs is 1. The molecule has 1 aromatic rings. The summed E-state index contributed by atoms with van der Waals surface area (Å²) in [5.74, 6) is 0.619. The van der Waals surface area contributed by atoms with Crippen molar-refractivity contribution in [2.45, 2.75) is 33.1 Å². The van der Waals surface area contributed by atoms with Crippen LogP contribution in [0.2, 0.25) is 0 Å². The molecule has 2 rings (SSSR count). The highest BCUT2D eigenvalue weighted by Gasteiger charge is 2.23. The molecule has 1 atom stereocenters. The first-order valence-corrected chi connectivity index (χ1v) is 7.84. The third-order valence-corrected chi connectivity index (χ3v) is 4.57. The Morgan fingerprint density at radius 2 is 2.32 bits per heavy atom. The summed E-state index contributed by atoms with van der Waals surface area (Å²) in [4.78, 5) is 13.5. The van der Waals surface area contributed by atoms with E-state index in [0.717, 1.165) is 37.3 Å². The summed E-state index contributed by atoms with van der Waals surface area (Å²) >= 11 is 6.69. The zero-order chi connectivity index (χ0) is 13.8. The predicted molar refractivity (Wildman–Crippen MR) is 82.4 cm³/mol. The number of nitrogens with one attached hydrogen (secondary N) is 3. The van der Waals surface area contributed by atoms with Crippen LogP contribution in [0, 0.1) is 5.92 Å². The van der Waals surface area contributed by atoms with Crippen molar-refractivity contribution in [1.29, 1.82) is 0 Å². The molecule has 0 bridgehead atoms. The first-order valence-electron chi connectivity index (χ1n) is 6.55. The number of amides is 1. The second-order valence-corrected chi connectivity index (χ2v) is 6.21. The molecule has 0 unspecified atom stereocenters. The number of thiophene rings is 1. The molecular formula is C13H19N3OS2. The standard InChI is InChI=1S/C13H19N3OS2/c1-3-14-13(18)16-15-12(17)10-7-19-11-6-8(2)4-5-9(10)11/h7-8H,3-6H2,1-2H3,(H,15,17)(H2,14,16,18)/t8-/m0/s1. The lowest BCUT2D eigenvalue weighted by Crippen LogP contribution is -2.46. The molecular weight excluding hydrogens is 278 g/mol. The molecule has 19 heavy (non-hydrogen) atoms. The van der Waals surface area contributed by atoms with Crippen LogP contribution in [0.3, 0.4) is 0 Å². The van der Waals surface area contributed by atoms with Crippen LogP contribution in [-0.2, 0) is 12.8 Å². The molecule has 1 heterocycles. The molecule has 0 fully saturated rings. The average Bonchev–Trinajstić information content (AvgIpc) is 2.79. The van der Waals surface area contributed by atoms with Crippen LogP contribution in [0.5, 0.6) is 0 Å².